The zero-order chi connectivity index (χ0) is 27.1. The Labute approximate surface area is 223 Å². The Bertz CT molecular complexity index is 1250. The molecule has 3 aromatic carbocycles. The topological polar surface area (TPSA) is 87.7 Å². The van der Waals surface area contributed by atoms with Crippen LogP contribution in [0.2, 0.25) is 10.0 Å². The molecule has 0 aliphatic rings. The molecular weight excluding hydrogens is 525 g/mol. The van der Waals surface area contributed by atoms with Crippen LogP contribution in [-0.2, 0) is 4.79 Å². The molecule has 3 aromatic rings. The lowest BCUT2D eigenvalue weighted by atomic mass is 10.0. The van der Waals surface area contributed by atoms with Crippen molar-refractivity contribution in [2.75, 3.05) is 18.5 Å². The first-order chi connectivity index (χ1) is 17.5. The number of rotatable bonds is 11. The Hall–Kier alpha value is -3.36. The van der Waals surface area contributed by atoms with E-state index in [0.29, 0.717) is 10.6 Å². The highest BCUT2D eigenvalue weighted by molar-refractivity contribution is 6.36. The lowest BCUT2D eigenvalue weighted by Gasteiger charge is -2.24. The Morgan fingerprint density at radius 2 is 1.65 bits per heavy atom. The molecule has 0 saturated heterocycles. The number of anilines is 1. The number of hydrogen-bond acceptors (Lipinski definition) is 4. The van der Waals surface area contributed by atoms with Crippen molar-refractivity contribution in [1.82, 2.24) is 5.32 Å². The maximum absolute atomic E-state index is 14.8. The number of amides is 1. The molecule has 3 N–H and O–H groups in total. The Kier molecular flexibility index (Phi) is 9.72. The molecule has 0 aliphatic heterocycles. The van der Waals surface area contributed by atoms with E-state index >= 15 is 0 Å². The van der Waals surface area contributed by atoms with E-state index in [2.05, 4.69) is 10.6 Å². The molecule has 1 amide bonds. The summed E-state index contributed by atoms with van der Waals surface area (Å²) in [5.74, 6) is -2.86. The highest BCUT2D eigenvalue weighted by atomic mass is 35.5. The summed E-state index contributed by atoms with van der Waals surface area (Å²) in [7, 11) is 0. The molecule has 6 nitrogen and oxygen atoms in total. The Morgan fingerprint density at radius 3 is 2.22 bits per heavy atom. The highest BCUT2D eigenvalue weighted by Gasteiger charge is 2.19. The van der Waals surface area contributed by atoms with Gasteiger partial charge in [-0.15, -0.1) is 0 Å². The van der Waals surface area contributed by atoms with Gasteiger partial charge in [-0.05, 0) is 42.3 Å². The maximum atomic E-state index is 14.8. The van der Waals surface area contributed by atoms with E-state index in [1.54, 1.807) is 24.3 Å². The van der Waals surface area contributed by atoms with Crippen molar-refractivity contribution < 1.29 is 28.2 Å². The molecule has 0 bridgehead atoms. The van der Waals surface area contributed by atoms with Gasteiger partial charge < -0.3 is 20.5 Å². The highest BCUT2D eigenvalue weighted by Crippen LogP contribution is 2.35. The summed E-state index contributed by atoms with van der Waals surface area (Å²) in [6.07, 6.45) is -0.160. The minimum absolute atomic E-state index is 0.0321. The van der Waals surface area contributed by atoms with Crippen molar-refractivity contribution in [2.24, 2.45) is 5.92 Å². The number of hydrogen-bond donors (Lipinski definition) is 3. The lowest BCUT2D eigenvalue weighted by molar-refractivity contribution is -0.136. The van der Waals surface area contributed by atoms with Crippen molar-refractivity contribution in [3.05, 3.63) is 81.8 Å². The van der Waals surface area contributed by atoms with Crippen LogP contribution in [-0.4, -0.2) is 36.2 Å². The van der Waals surface area contributed by atoms with Gasteiger partial charge in [0, 0.05) is 40.5 Å². The van der Waals surface area contributed by atoms with Gasteiger partial charge in [-0.2, -0.15) is 0 Å². The smallest absolute Gasteiger partial charge is 0.305 e. The average molecular weight is 551 g/mol. The third-order valence-corrected chi connectivity index (χ3v) is 6.12. The van der Waals surface area contributed by atoms with Crippen molar-refractivity contribution in [1.29, 1.82) is 0 Å². The van der Waals surface area contributed by atoms with Gasteiger partial charge in [0.25, 0.3) is 5.91 Å². The van der Waals surface area contributed by atoms with E-state index in [1.165, 1.54) is 18.2 Å². The van der Waals surface area contributed by atoms with Gasteiger partial charge in [-0.1, -0.05) is 43.1 Å². The van der Waals surface area contributed by atoms with Gasteiger partial charge in [0.15, 0.2) is 0 Å². The van der Waals surface area contributed by atoms with E-state index in [-0.39, 0.29) is 59.3 Å². The van der Waals surface area contributed by atoms with Crippen LogP contribution in [0, 0.1) is 17.6 Å². The molecule has 0 fully saturated rings. The number of carboxylic acid groups (broad SMARTS) is 1. The molecule has 0 aromatic heterocycles. The second-order valence-corrected chi connectivity index (χ2v) is 9.51. The van der Waals surface area contributed by atoms with Gasteiger partial charge in [-0.25, -0.2) is 8.78 Å². The fourth-order valence-electron chi connectivity index (χ4n) is 3.49. The normalized spacial score (nSPS) is 11.8. The third-order valence-electron chi connectivity index (χ3n) is 5.57. The predicted octanol–water partition coefficient (Wildman–Crippen LogP) is 6.66. The molecule has 0 aliphatic carbocycles. The number of ether oxygens (including phenoxy) is 1. The number of benzene rings is 3. The van der Waals surface area contributed by atoms with E-state index in [9.17, 15) is 18.4 Å². The largest absolute Gasteiger partial charge is 0.491 e. The second kappa shape index (κ2) is 12.7. The average Bonchev–Trinajstić information content (AvgIpc) is 2.82. The van der Waals surface area contributed by atoms with Crippen LogP contribution in [0.15, 0.2) is 54.6 Å². The van der Waals surface area contributed by atoms with Gasteiger partial charge >= 0.3 is 5.97 Å². The lowest BCUT2D eigenvalue weighted by Crippen LogP contribution is -2.32. The number of aliphatic carboxylic acids is 1. The summed E-state index contributed by atoms with van der Waals surface area (Å²) in [6, 6.07) is 13.0. The predicted molar refractivity (Wildman–Crippen MR) is 141 cm³/mol. The first-order valence-electron chi connectivity index (χ1n) is 11.5. The van der Waals surface area contributed by atoms with Crippen LogP contribution >= 0.6 is 23.2 Å². The van der Waals surface area contributed by atoms with E-state index in [0.717, 1.165) is 17.8 Å². The molecule has 10 heteroatoms. The molecule has 0 heterocycles. The Balaban J connectivity index is 1.65. The molecule has 0 saturated carbocycles. The Morgan fingerprint density at radius 1 is 1.00 bits per heavy atom. The SMILES string of the molecule is CC(C)[C@@H](COc1cc(F)c(-c2ccc(Cl)cc2Cl)c(F)c1)Nc1ccc(C(=O)NCCC(=O)O)cc1. The van der Waals surface area contributed by atoms with Crippen LogP contribution in [0.1, 0.15) is 30.6 Å². The van der Waals surface area contributed by atoms with Gasteiger partial charge in [0.05, 0.1) is 23.0 Å². The first kappa shape index (κ1) is 28.2. The summed E-state index contributed by atoms with van der Waals surface area (Å²) in [5.41, 5.74) is 1.03. The summed E-state index contributed by atoms with van der Waals surface area (Å²) in [6.45, 7) is 4.10. The summed E-state index contributed by atoms with van der Waals surface area (Å²) >= 11 is 12.0. The molecule has 37 heavy (non-hydrogen) atoms. The van der Waals surface area contributed by atoms with E-state index in [1.807, 2.05) is 13.8 Å². The maximum Gasteiger partial charge on any atom is 0.305 e. The van der Waals surface area contributed by atoms with Crippen molar-refractivity contribution >= 4 is 40.8 Å². The van der Waals surface area contributed by atoms with E-state index < -0.39 is 17.6 Å². The molecule has 0 unspecified atom stereocenters. The van der Waals surface area contributed by atoms with E-state index in [4.69, 9.17) is 33.0 Å². The molecule has 1 atom stereocenters. The van der Waals surface area contributed by atoms with Crippen molar-refractivity contribution in [3.8, 4) is 16.9 Å². The zero-order valence-electron chi connectivity index (χ0n) is 20.2. The van der Waals surface area contributed by atoms with Crippen molar-refractivity contribution in [2.45, 2.75) is 26.3 Å². The molecule has 0 spiro atoms. The van der Waals surface area contributed by atoms with Gasteiger partial charge in [0.2, 0.25) is 0 Å². The number of carbonyl (C=O) groups is 2. The number of carbonyl (C=O) groups excluding carboxylic acids is 1. The third kappa shape index (κ3) is 7.81. The minimum atomic E-state index is -0.992. The molecular formula is C27H26Cl2F2N2O4. The minimum Gasteiger partial charge on any atom is -0.491 e. The molecule has 3 rings (SSSR count). The zero-order valence-corrected chi connectivity index (χ0v) is 21.7. The number of halogens is 4. The number of carboxylic acids is 1. The van der Waals surface area contributed by atoms with Gasteiger partial charge in [-0.3, -0.25) is 9.59 Å². The monoisotopic (exact) mass is 550 g/mol. The molecule has 196 valence electrons. The van der Waals surface area contributed by atoms with Crippen LogP contribution < -0.4 is 15.4 Å². The first-order valence-corrected chi connectivity index (χ1v) is 12.2. The fourth-order valence-corrected chi connectivity index (χ4v) is 3.99. The summed E-state index contributed by atoms with van der Waals surface area (Å²) in [5, 5.41) is 15.0. The standard InChI is InChI=1S/C27H26Cl2F2N2O4/c1-15(2)24(33-18-6-3-16(4-7-18)27(36)32-10-9-25(34)35)14-37-19-12-22(30)26(23(31)13-19)20-8-5-17(28)11-21(20)29/h3-8,11-13,15,24,33H,9-10,14H2,1-2H3,(H,32,36)(H,34,35)/t24-/m1/s1. The molecule has 0 radical (unpaired) electrons. The summed E-state index contributed by atoms with van der Waals surface area (Å²) < 4.78 is 35.4. The second-order valence-electron chi connectivity index (χ2n) is 8.67. The van der Waals surface area contributed by atoms with Crippen molar-refractivity contribution in [3.63, 3.8) is 0 Å². The van der Waals surface area contributed by atoms with Gasteiger partial charge in [0.1, 0.15) is 24.0 Å². The summed E-state index contributed by atoms with van der Waals surface area (Å²) in [4.78, 5) is 22.7. The number of nitrogens with one attached hydrogen (secondary N) is 2. The fraction of sp³-hybridized carbons (Fsp3) is 0.259. The van der Waals surface area contributed by atoms with Crippen LogP contribution in [0.3, 0.4) is 0 Å². The van der Waals surface area contributed by atoms with Crippen LogP contribution in [0.5, 0.6) is 5.75 Å². The van der Waals surface area contributed by atoms with Crippen LogP contribution in [0.25, 0.3) is 11.1 Å². The quantitative estimate of drug-likeness (QED) is 0.248. The van der Waals surface area contributed by atoms with Crippen LogP contribution in [0.4, 0.5) is 14.5 Å².